The number of aromatic nitrogens is 3. The highest BCUT2D eigenvalue weighted by Crippen LogP contribution is 2.24. The second kappa shape index (κ2) is 4.45. The van der Waals surface area contributed by atoms with Crippen molar-refractivity contribution in [1.29, 1.82) is 0 Å². The number of anilines is 1. The van der Waals surface area contributed by atoms with Crippen LogP contribution in [0.25, 0.3) is 0 Å². The van der Waals surface area contributed by atoms with E-state index in [-0.39, 0.29) is 0 Å². The highest BCUT2D eigenvalue weighted by Gasteiger charge is 2.05. The minimum atomic E-state index is 0.400. The molecule has 0 spiro atoms. The predicted molar refractivity (Wildman–Crippen MR) is 65.7 cm³/mol. The lowest BCUT2D eigenvalue weighted by atomic mass is 10.1. The molecule has 0 radical (unpaired) electrons. The van der Waals surface area contributed by atoms with E-state index in [4.69, 9.17) is 10.5 Å². The van der Waals surface area contributed by atoms with Gasteiger partial charge in [0.05, 0.1) is 6.20 Å². The predicted octanol–water partition coefficient (Wildman–Crippen LogP) is 1.59. The third-order valence-electron chi connectivity index (χ3n) is 2.59. The van der Waals surface area contributed by atoms with Gasteiger partial charge in [-0.1, -0.05) is 11.3 Å². The Morgan fingerprint density at radius 2 is 2.06 bits per heavy atom. The van der Waals surface area contributed by atoms with Gasteiger partial charge in [0.25, 0.3) is 0 Å². The molecule has 0 aliphatic carbocycles. The van der Waals surface area contributed by atoms with E-state index in [9.17, 15) is 0 Å². The van der Waals surface area contributed by atoms with Crippen LogP contribution in [0.5, 0.6) is 5.75 Å². The van der Waals surface area contributed by atoms with Gasteiger partial charge in [-0.25, -0.2) is 0 Å². The molecule has 0 aliphatic rings. The SMILES string of the molecule is Cc1cc(C)c(OCc2cn(C)nn2)cc1N. The molecule has 5 heteroatoms. The van der Waals surface area contributed by atoms with Gasteiger partial charge in [-0.2, -0.15) is 0 Å². The Labute approximate surface area is 100 Å². The zero-order chi connectivity index (χ0) is 12.4. The third-order valence-corrected chi connectivity index (χ3v) is 2.59. The Kier molecular flexibility index (Phi) is 2.99. The summed E-state index contributed by atoms with van der Waals surface area (Å²) in [5.41, 5.74) is 9.52. The van der Waals surface area contributed by atoms with Crippen LogP contribution in [0, 0.1) is 13.8 Å². The molecule has 0 saturated heterocycles. The van der Waals surface area contributed by atoms with Gasteiger partial charge in [-0.05, 0) is 25.0 Å². The monoisotopic (exact) mass is 232 g/mol. The van der Waals surface area contributed by atoms with Crippen LogP contribution >= 0.6 is 0 Å². The number of hydrogen-bond acceptors (Lipinski definition) is 4. The normalized spacial score (nSPS) is 10.5. The molecule has 0 saturated carbocycles. The average molecular weight is 232 g/mol. The summed E-state index contributed by atoms with van der Waals surface area (Å²) >= 11 is 0. The summed E-state index contributed by atoms with van der Waals surface area (Å²) in [5.74, 6) is 0.791. The van der Waals surface area contributed by atoms with Gasteiger partial charge in [0.2, 0.25) is 0 Å². The molecule has 0 aliphatic heterocycles. The molecule has 0 atom stereocenters. The number of nitrogens with two attached hydrogens (primary N) is 1. The van der Waals surface area contributed by atoms with Crippen molar-refractivity contribution in [3.8, 4) is 5.75 Å². The van der Waals surface area contributed by atoms with Crippen LogP contribution in [-0.2, 0) is 13.7 Å². The van der Waals surface area contributed by atoms with E-state index in [1.54, 1.807) is 4.68 Å². The van der Waals surface area contributed by atoms with Crippen LogP contribution in [0.4, 0.5) is 5.69 Å². The van der Waals surface area contributed by atoms with Crippen LogP contribution in [0.2, 0.25) is 0 Å². The molecule has 1 aromatic carbocycles. The van der Waals surface area contributed by atoms with E-state index in [1.807, 2.05) is 39.2 Å². The Morgan fingerprint density at radius 3 is 2.71 bits per heavy atom. The summed E-state index contributed by atoms with van der Waals surface area (Å²) < 4.78 is 7.32. The van der Waals surface area contributed by atoms with Crippen molar-refractivity contribution in [1.82, 2.24) is 15.0 Å². The van der Waals surface area contributed by atoms with Crippen LogP contribution < -0.4 is 10.5 Å². The van der Waals surface area contributed by atoms with E-state index < -0.39 is 0 Å². The number of benzene rings is 1. The minimum Gasteiger partial charge on any atom is -0.487 e. The van der Waals surface area contributed by atoms with Crippen molar-refractivity contribution in [2.24, 2.45) is 7.05 Å². The molecule has 5 nitrogen and oxygen atoms in total. The zero-order valence-electron chi connectivity index (χ0n) is 10.3. The number of ether oxygens (including phenoxy) is 1. The van der Waals surface area contributed by atoms with Gasteiger partial charge < -0.3 is 10.5 Å². The highest BCUT2D eigenvalue weighted by molar-refractivity contribution is 5.54. The lowest BCUT2D eigenvalue weighted by Crippen LogP contribution is -1.99. The third kappa shape index (κ3) is 2.55. The topological polar surface area (TPSA) is 66.0 Å². The fourth-order valence-corrected chi connectivity index (χ4v) is 1.62. The number of hydrogen-bond donors (Lipinski definition) is 1. The van der Waals surface area contributed by atoms with E-state index in [0.29, 0.717) is 6.61 Å². The van der Waals surface area contributed by atoms with Crippen molar-refractivity contribution in [2.45, 2.75) is 20.5 Å². The molecule has 17 heavy (non-hydrogen) atoms. The maximum atomic E-state index is 5.85. The van der Waals surface area contributed by atoms with E-state index in [2.05, 4.69) is 10.3 Å². The molecular weight excluding hydrogens is 216 g/mol. The van der Waals surface area contributed by atoms with Crippen LogP contribution in [0.15, 0.2) is 18.3 Å². The molecule has 0 unspecified atom stereocenters. The maximum Gasteiger partial charge on any atom is 0.134 e. The first kappa shape index (κ1) is 11.4. The molecule has 1 aromatic heterocycles. The fraction of sp³-hybridized carbons (Fsp3) is 0.333. The summed E-state index contributed by atoms with van der Waals surface area (Å²) in [6, 6.07) is 3.86. The first-order valence-corrected chi connectivity index (χ1v) is 5.41. The van der Waals surface area contributed by atoms with Crippen molar-refractivity contribution in [3.63, 3.8) is 0 Å². The number of nitrogen functional groups attached to an aromatic ring is 1. The zero-order valence-corrected chi connectivity index (χ0v) is 10.3. The maximum absolute atomic E-state index is 5.85. The second-order valence-electron chi connectivity index (χ2n) is 4.15. The Balaban J connectivity index is 2.11. The molecule has 2 rings (SSSR count). The molecule has 1 heterocycles. The standard InChI is InChI=1S/C12H16N4O/c1-8-4-9(2)12(5-11(8)13)17-7-10-6-16(3)15-14-10/h4-6H,7,13H2,1-3H3. The van der Waals surface area contributed by atoms with Crippen molar-refractivity contribution in [3.05, 3.63) is 35.2 Å². The van der Waals surface area contributed by atoms with E-state index in [0.717, 1.165) is 28.3 Å². The average Bonchev–Trinajstić information content (AvgIpc) is 2.68. The quantitative estimate of drug-likeness (QED) is 0.816. The fourth-order valence-electron chi connectivity index (χ4n) is 1.62. The summed E-state index contributed by atoms with van der Waals surface area (Å²) in [6.45, 7) is 4.38. The molecule has 2 N–H and O–H groups in total. The Morgan fingerprint density at radius 1 is 1.29 bits per heavy atom. The highest BCUT2D eigenvalue weighted by atomic mass is 16.5. The van der Waals surface area contributed by atoms with E-state index in [1.165, 1.54) is 0 Å². The van der Waals surface area contributed by atoms with Gasteiger partial charge in [-0.3, -0.25) is 4.68 Å². The second-order valence-corrected chi connectivity index (χ2v) is 4.15. The van der Waals surface area contributed by atoms with E-state index >= 15 is 0 Å². The molecule has 0 fully saturated rings. The molecule has 0 bridgehead atoms. The van der Waals surface area contributed by atoms with Crippen molar-refractivity contribution < 1.29 is 4.74 Å². The Hall–Kier alpha value is -2.04. The van der Waals surface area contributed by atoms with Gasteiger partial charge >= 0.3 is 0 Å². The molecular formula is C12H16N4O. The molecule has 2 aromatic rings. The van der Waals surface area contributed by atoms with Gasteiger partial charge in [0.15, 0.2) is 0 Å². The van der Waals surface area contributed by atoms with Gasteiger partial charge in [0.1, 0.15) is 18.1 Å². The van der Waals surface area contributed by atoms with Crippen LogP contribution in [0.1, 0.15) is 16.8 Å². The van der Waals surface area contributed by atoms with Gasteiger partial charge in [-0.15, -0.1) is 5.10 Å². The smallest absolute Gasteiger partial charge is 0.134 e. The minimum absolute atomic E-state index is 0.400. The van der Waals surface area contributed by atoms with Crippen LogP contribution in [-0.4, -0.2) is 15.0 Å². The number of nitrogens with zero attached hydrogens (tertiary/aromatic N) is 3. The lowest BCUT2D eigenvalue weighted by Gasteiger charge is -2.10. The van der Waals surface area contributed by atoms with Crippen molar-refractivity contribution in [2.75, 3.05) is 5.73 Å². The summed E-state index contributed by atoms with van der Waals surface area (Å²) in [4.78, 5) is 0. The first-order valence-electron chi connectivity index (χ1n) is 5.41. The van der Waals surface area contributed by atoms with Crippen LogP contribution in [0.3, 0.4) is 0 Å². The summed E-state index contributed by atoms with van der Waals surface area (Å²) in [7, 11) is 1.83. The molecule has 90 valence electrons. The number of rotatable bonds is 3. The number of aryl methyl sites for hydroxylation is 3. The van der Waals surface area contributed by atoms with Gasteiger partial charge in [0, 0.05) is 18.8 Å². The lowest BCUT2D eigenvalue weighted by molar-refractivity contribution is 0.299. The largest absolute Gasteiger partial charge is 0.487 e. The summed E-state index contributed by atoms with van der Waals surface area (Å²) in [6.07, 6.45) is 1.83. The molecule has 0 amide bonds. The Bertz CT molecular complexity index is 533. The summed E-state index contributed by atoms with van der Waals surface area (Å²) in [5, 5.41) is 7.80. The first-order chi connectivity index (χ1) is 8.06. The van der Waals surface area contributed by atoms with Crippen molar-refractivity contribution >= 4 is 5.69 Å².